The van der Waals surface area contributed by atoms with Crippen molar-refractivity contribution in [2.75, 3.05) is 0 Å². The molecule has 1 aliphatic rings. The van der Waals surface area contributed by atoms with Crippen LogP contribution in [0.25, 0.3) is 0 Å². The molecule has 2 nitrogen and oxygen atoms in total. The van der Waals surface area contributed by atoms with Crippen LogP contribution in [0, 0.1) is 0 Å². The van der Waals surface area contributed by atoms with E-state index in [4.69, 9.17) is 10.2 Å². The molecule has 3 heteroatoms. The fraction of sp³-hybridized carbons (Fsp3) is 0.600. The molecule has 1 saturated carbocycles. The molecule has 2 N–H and O–H groups in total. The third kappa shape index (κ3) is 1.61. The molecular weight excluding hydrogens is 169 g/mol. The molecular formula is C10H14FNO. The summed E-state index contributed by atoms with van der Waals surface area (Å²) in [5.41, 5.74) is 5.19. The summed E-state index contributed by atoms with van der Waals surface area (Å²) in [6.45, 7) is 0. The van der Waals surface area contributed by atoms with Crippen LogP contribution in [0.1, 0.15) is 31.2 Å². The van der Waals surface area contributed by atoms with Crippen LogP contribution in [0.4, 0.5) is 4.39 Å². The van der Waals surface area contributed by atoms with Gasteiger partial charge in [-0.25, -0.2) is 4.39 Å². The van der Waals surface area contributed by atoms with Crippen molar-refractivity contribution in [3.8, 4) is 0 Å². The zero-order valence-corrected chi connectivity index (χ0v) is 7.50. The molecule has 0 aromatic carbocycles. The number of hydrogen-bond donors (Lipinski definition) is 1. The van der Waals surface area contributed by atoms with Gasteiger partial charge in [-0.1, -0.05) is 0 Å². The number of halogens is 1. The third-order valence-corrected chi connectivity index (χ3v) is 2.86. The normalized spacial score (nSPS) is 34.8. The highest BCUT2D eigenvalue weighted by molar-refractivity contribution is 5.17. The summed E-state index contributed by atoms with van der Waals surface area (Å²) in [5.74, 6) is 0. The Labute approximate surface area is 76.9 Å². The Hall–Kier alpha value is -0.830. The standard InChI is InChI=1S/C10H14FNO/c11-10(8-3-6-13-7-8)4-1-9(12)2-5-10/h3,6-7,9H,1-2,4-5,12H2. The molecule has 1 aromatic heterocycles. The second-order valence-electron chi connectivity index (χ2n) is 3.81. The number of hydrogen-bond acceptors (Lipinski definition) is 2. The van der Waals surface area contributed by atoms with Crippen molar-refractivity contribution >= 4 is 0 Å². The molecule has 1 aromatic rings. The van der Waals surface area contributed by atoms with Gasteiger partial charge in [0.25, 0.3) is 0 Å². The van der Waals surface area contributed by atoms with E-state index in [1.54, 1.807) is 6.07 Å². The van der Waals surface area contributed by atoms with Crippen LogP contribution < -0.4 is 5.73 Å². The molecule has 2 rings (SSSR count). The van der Waals surface area contributed by atoms with Gasteiger partial charge >= 0.3 is 0 Å². The zero-order valence-electron chi connectivity index (χ0n) is 7.50. The molecule has 0 aliphatic heterocycles. The highest BCUT2D eigenvalue weighted by Gasteiger charge is 2.36. The Morgan fingerprint density at radius 2 is 2.15 bits per heavy atom. The van der Waals surface area contributed by atoms with Crippen LogP contribution in [-0.2, 0) is 5.67 Å². The summed E-state index contributed by atoms with van der Waals surface area (Å²) in [7, 11) is 0. The molecule has 0 saturated heterocycles. The van der Waals surface area contributed by atoms with E-state index in [1.165, 1.54) is 12.5 Å². The van der Waals surface area contributed by atoms with Gasteiger partial charge in [0.1, 0.15) is 5.67 Å². The van der Waals surface area contributed by atoms with E-state index >= 15 is 0 Å². The lowest BCUT2D eigenvalue weighted by Crippen LogP contribution is -2.33. The van der Waals surface area contributed by atoms with Crippen molar-refractivity contribution in [3.63, 3.8) is 0 Å². The smallest absolute Gasteiger partial charge is 0.139 e. The molecule has 13 heavy (non-hydrogen) atoms. The second kappa shape index (κ2) is 3.14. The summed E-state index contributed by atoms with van der Waals surface area (Å²) in [6.07, 6.45) is 5.59. The minimum atomic E-state index is -1.19. The summed E-state index contributed by atoms with van der Waals surface area (Å²) < 4.78 is 19.1. The Kier molecular flexibility index (Phi) is 2.12. The molecule has 0 atom stereocenters. The molecule has 72 valence electrons. The van der Waals surface area contributed by atoms with Gasteiger partial charge < -0.3 is 10.2 Å². The largest absolute Gasteiger partial charge is 0.472 e. The van der Waals surface area contributed by atoms with Crippen molar-refractivity contribution in [1.29, 1.82) is 0 Å². The molecule has 0 unspecified atom stereocenters. The fourth-order valence-electron chi connectivity index (χ4n) is 1.91. The van der Waals surface area contributed by atoms with Crippen LogP contribution in [0.2, 0.25) is 0 Å². The summed E-state index contributed by atoms with van der Waals surface area (Å²) in [6, 6.07) is 1.88. The van der Waals surface area contributed by atoms with Crippen molar-refractivity contribution < 1.29 is 8.81 Å². The van der Waals surface area contributed by atoms with Crippen LogP contribution in [-0.4, -0.2) is 6.04 Å². The van der Waals surface area contributed by atoms with E-state index in [2.05, 4.69) is 0 Å². The van der Waals surface area contributed by atoms with E-state index in [0.29, 0.717) is 18.4 Å². The molecule has 0 spiro atoms. The molecule has 1 heterocycles. The number of furan rings is 1. The number of rotatable bonds is 1. The predicted octanol–water partition coefficient (Wildman–Crippen LogP) is 2.35. The quantitative estimate of drug-likeness (QED) is 0.725. The van der Waals surface area contributed by atoms with Gasteiger partial charge in [0, 0.05) is 11.6 Å². The van der Waals surface area contributed by atoms with Crippen LogP contribution in [0.5, 0.6) is 0 Å². The van der Waals surface area contributed by atoms with Crippen molar-refractivity contribution in [3.05, 3.63) is 24.2 Å². The van der Waals surface area contributed by atoms with E-state index in [1.807, 2.05) is 0 Å². The van der Waals surface area contributed by atoms with E-state index in [0.717, 1.165) is 12.8 Å². The summed E-state index contributed by atoms with van der Waals surface area (Å²) in [5, 5.41) is 0. The minimum Gasteiger partial charge on any atom is -0.472 e. The van der Waals surface area contributed by atoms with Crippen molar-refractivity contribution in [2.45, 2.75) is 37.4 Å². The van der Waals surface area contributed by atoms with E-state index < -0.39 is 5.67 Å². The average Bonchev–Trinajstić information content (AvgIpc) is 2.63. The monoisotopic (exact) mass is 183 g/mol. The third-order valence-electron chi connectivity index (χ3n) is 2.86. The molecule has 0 radical (unpaired) electrons. The molecule has 1 aliphatic carbocycles. The van der Waals surface area contributed by atoms with Gasteiger partial charge in [0.15, 0.2) is 0 Å². The number of alkyl halides is 1. The van der Waals surface area contributed by atoms with Crippen LogP contribution in [0.15, 0.2) is 23.0 Å². The van der Waals surface area contributed by atoms with E-state index in [-0.39, 0.29) is 6.04 Å². The minimum absolute atomic E-state index is 0.177. The highest BCUT2D eigenvalue weighted by atomic mass is 19.1. The van der Waals surface area contributed by atoms with Gasteiger partial charge in [-0.2, -0.15) is 0 Å². The first-order valence-corrected chi connectivity index (χ1v) is 4.68. The lowest BCUT2D eigenvalue weighted by molar-refractivity contribution is 0.0971. The van der Waals surface area contributed by atoms with Gasteiger partial charge in [0.2, 0.25) is 0 Å². The molecule has 1 fully saturated rings. The first-order valence-electron chi connectivity index (χ1n) is 4.68. The van der Waals surface area contributed by atoms with Crippen LogP contribution >= 0.6 is 0 Å². The van der Waals surface area contributed by atoms with E-state index in [9.17, 15) is 4.39 Å². The van der Waals surface area contributed by atoms with Crippen LogP contribution in [0.3, 0.4) is 0 Å². The first kappa shape index (κ1) is 8.75. The summed E-state index contributed by atoms with van der Waals surface area (Å²) >= 11 is 0. The zero-order chi connectivity index (χ0) is 9.31. The maximum Gasteiger partial charge on any atom is 0.139 e. The topological polar surface area (TPSA) is 39.2 Å². The lowest BCUT2D eigenvalue weighted by atomic mass is 9.80. The van der Waals surface area contributed by atoms with Gasteiger partial charge in [-0.15, -0.1) is 0 Å². The Balaban J connectivity index is 2.13. The lowest BCUT2D eigenvalue weighted by Gasteiger charge is -2.31. The fourth-order valence-corrected chi connectivity index (χ4v) is 1.91. The predicted molar refractivity (Wildman–Crippen MR) is 47.9 cm³/mol. The number of nitrogens with two attached hydrogens (primary N) is 1. The maximum absolute atomic E-state index is 14.2. The Morgan fingerprint density at radius 1 is 1.46 bits per heavy atom. The Bertz CT molecular complexity index is 262. The summed E-state index contributed by atoms with van der Waals surface area (Å²) in [4.78, 5) is 0. The Morgan fingerprint density at radius 3 is 2.69 bits per heavy atom. The second-order valence-corrected chi connectivity index (χ2v) is 3.81. The van der Waals surface area contributed by atoms with Crippen molar-refractivity contribution in [1.82, 2.24) is 0 Å². The average molecular weight is 183 g/mol. The van der Waals surface area contributed by atoms with Gasteiger partial charge in [0.05, 0.1) is 12.5 Å². The first-order chi connectivity index (χ1) is 6.21. The maximum atomic E-state index is 14.2. The van der Waals surface area contributed by atoms with Crippen molar-refractivity contribution in [2.24, 2.45) is 5.73 Å². The molecule has 0 bridgehead atoms. The van der Waals surface area contributed by atoms with Gasteiger partial charge in [-0.05, 0) is 31.7 Å². The highest BCUT2D eigenvalue weighted by Crippen LogP contribution is 2.40. The molecule has 0 amide bonds. The SMILES string of the molecule is NC1CCC(F)(c2ccoc2)CC1. The van der Waals surface area contributed by atoms with Gasteiger partial charge in [-0.3, -0.25) is 0 Å².